The molecule has 0 aliphatic rings. The predicted molar refractivity (Wildman–Crippen MR) is 102 cm³/mol. The van der Waals surface area contributed by atoms with Gasteiger partial charge in [0.1, 0.15) is 11.5 Å². The van der Waals surface area contributed by atoms with E-state index in [-0.39, 0.29) is 17.4 Å². The molecule has 2 aromatic heterocycles. The van der Waals surface area contributed by atoms with E-state index < -0.39 is 5.91 Å². The van der Waals surface area contributed by atoms with Gasteiger partial charge in [-0.1, -0.05) is 5.16 Å². The summed E-state index contributed by atoms with van der Waals surface area (Å²) in [6.07, 6.45) is 1.41. The minimum atomic E-state index is -0.478. The van der Waals surface area contributed by atoms with Gasteiger partial charge in [-0.15, -0.1) is 0 Å². The first-order valence-electron chi connectivity index (χ1n) is 8.22. The zero-order chi connectivity index (χ0) is 19.4. The Morgan fingerprint density at radius 1 is 1.00 bits per heavy atom. The summed E-state index contributed by atoms with van der Waals surface area (Å²) < 4.78 is 4.90. The lowest BCUT2D eigenvalue weighted by molar-refractivity contribution is 0.102. The minimum Gasteiger partial charge on any atom is -0.378 e. The number of carbonyl (C=O) groups is 2. The summed E-state index contributed by atoms with van der Waals surface area (Å²) in [6, 6.07) is 12.0. The molecule has 0 spiro atoms. The van der Waals surface area contributed by atoms with Crippen LogP contribution in [-0.2, 0) is 0 Å². The Balaban J connectivity index is 1.70. The molecule has 3 aromatic rings. The van der Waals surface area contributed by atoms with Gasteiger partial charge in [0.15, 0.2) is 5.82 Å². The van der Waals surface area contributed by atoms with Gasteiger partial charge in [0.2, 0.25) is 0 Å². The monoisotopic (exact) mass is 365 g/mol. The van der Waals surface area contributed by atoms with Gasteiger partial charge in [-0.05, 0) is 43.3 Å². The van der Waals surface area contributed by atoms with Crippen LogP contribution in [0.2, 0.25) is 0 Å². The molecule has 0 radical (unpaired) electrons. The van der Waals surface area contributed by atoms with Gasteiger partial charge in [-0.3, -0.25) is 14.6 Å². The number of nitrogens with zero attached hydrogens (tertiary/aromatic N) is 3. The standard InChI is InChI=1S/C19H19N5O3/c1-12-10-17(23-27-12)22-19(26)16-11-13(8-9-20-16)18(25)21-14-4-6-15(7-5-14)24(2)3/h4-11H,1-3H3,(H,21,25)(H,22,23,26). The van der Waals surface area contributed by atoms with Gasteiger partial charge in [0.05, 0.1) is 0 Å². The minimum absolute atomic E-state index is 0.103. The van der Waals surface area contributed by atoms with Crippen molar-refractivity contribution in [1.82, 2.24) is 10.1 Å². The number of amides is 2. The first-order chi connectivity index (χ1) is 12.9. The molecule has 0 bridgehead atoms. The number of benzene rings is 1. The van der Waals surface area contributed by atoms with Crippen molar-refractivity contribution < 1.29 is 14.1 Å². The molecule has 1 aromatic carbocycles. The Hall–Kier alpha value is -3.68. The van der Waals surface area contributed by atoms with E-state index in [1.807, 2.05) is 43.3 Å². The van der Waals surface area contributed by atoms with Crippen molar-refractivity contribution in [3.8, 4) is 0 Å². The highest BCUT2D eigenvalue weighted by molar-refractivity contribution is 6.07. The van der Waals surface area contributed by atoms with E-state index in [1.165, 1.54) is 12.3 Å². The second kappa shape index (κ2) is 7.69. The van der Waals surface area contributed by atoms with E-state index in [0.717, 1.165) is 5.69 Å². The molecule has 3 rings (SSSR count). The van der Waals surface area contributed by atoms with Crippen LogP contribution in [0.3, 0.4) is 0 Å². The molecule has 0 saturated carbocycles. The quantitative estimate of drug-likeness (QED) is 0.721. The summed E-state index contributed by atoms with van der Waals surface area (Å²) in [5.41, 5.74) is 2.11. The van der Waals surface area contributed by atoms with Gasteiger partial charge in [-0.25, -0.2) is 0 Å². The number of hydrogen-bond donors (Lipinski definition) is 2. The largest absolute Gasteiger partial charge is 0.378 e. The Morgan fingerprint density at radius 2 is 1.74 bits per heavy atom. The van der Waals surface area contributed by atoms with Gasteiger partial charge in [-0.2, -0.15) is 0 Å². The fourth-order valence-electron chi connectivity index (χ4n) is 2.35. The van der Waals surface area contributed by atoms with Crippen molar-refractivity contribution in [2.45, 2.75) is 6.92 Å². The number of aromatic nitrogens is 2. The van der Waals surface area contributed by atoms with E-state index in [4.69, 9.17) is 4.52 Å². The maximum atomic E-state index is 12.5. The Bertz CT molecular complexity index is 963. The van der Waals surface area contributed by atoms with E-state index in [1.54, 1.807) is 19.1 Å². The van der Waals surface area contributed by atoms with Gasteiger partial charge >= 0.3 is 0 Å². The first kappa shape index (κ1) is 18.1. The van der Waals surface area contributed by atoms with Crippen molar-refractivity contribution >= 4 is 29.0 Å². The van der Waals surface area contributed by atoms with Crippen LogP contribution in [0.15, 0.2) is 53.2 Å². The molecule has 0 atom stereocenters. The lowest BCUT2D eigenvalue weighted by Gasteiger charge is -2.13. The molecule has 27 heavy (non-hydrogen) atoms. The lowest BCUT2D eigenvalue weighted by atomic mass is 10.2. The number of carbonyl (C=O) groups excluding carboxylic acids is 2. The van der Waals surface area contributed by atoms with Crippen LogP contribution in [0.1, 0.15) is 26.6 Å². The van der Waals surface area contributed by atoms with Crippen LogP contribution < -0.4 is 15.5 Å². The molecule has 8 nitrogen and oxygen atoms in total. The summed E-state index contributed by atoms with van der Waals surface area (Å²) in [5, 5.41) is 9.06. The van der Waals surface area contributed by atoms with E-state index >= 15 is 0 Å². The van der Waals surface area contributed by atoms with E-state index in [2.05, 4.69) is 20.8 Å². The highest BCUT2D eigenvalue weighted by Crippen LogP contribution is 2.17. The molecule has 2 heterocycles. The maximum Gasteiger partial charge on any atom is 0.275 e. The van der Waals surface area contributed by atoms with Crippen LogP contribution >= 0.6 is 0 Å². The lowest BCUT2D eigenvalue weighted by Crippen LogP contribution is -2.17. The number of nitrogens with one attached hydrogen (secondary N) is 2. The molecule has 0 saturated heterocycles. The fraction of sp³-hybridized carbons (Fsp3) is 0.158. The number of anilines is 3. The molecule has 138 valence electrons. The first-order valence-corrected chi connectivity index (χ1v) is 8.22. The third-order valence-corrected chi connectivity index (χ3v) is 3.77. The zero-order valence-electron chi connectivity index (χ0n) is 15.2. The topological polar surface area (TPSA) is 100 Å². The SMILES string of the molecule is Cc1cc(NC(=O)c2cc(C(=O)Nc3ccc(N(C)C)cc3)ccn2)no1. The number of rotatable bonds is 5. The molecular formula is C19H19N5O3. The second-order valence-corrected chi connectivity index (χ2v) is 6.10. The summed E-state index contributed by atoms with van der Waals surface area (Å²) >= 11 is 0. The van der Waals surface area contributed by atoms with E-state index in [9.17, 15) is 9.59 Å². The molecule has 8 heteroatoms. The van der Waals surface area contributed by atoms with Crippen molar-refractivity contribution in [1.29, 1.82) is 0 Å². The van der Waals surface area contributed by atoms with Gasteiger partial charge in [0, 0.05) is 43.3 Å². The maximum absolute atomic E-state index is 12.5. The summed E-state index contributed by atoms with van der Waals surface area (Å²) in [4.78, 5) is 30.7. The van der Waals surface area contributed by atoms with Gasteiger partial charge < -0.3 is 20.1 Å². The third-order valence-electron chi connectivity index (χ3n) is 3.77. The number of hydrogen-bond acceptors (Lipinski definition) is 6. The number of aryl methyl sites for hydroxylation is 1. The molecule has 0 unspecified atom stereocenters. The summed E-state index contributed by atoms with van der Waals surface area (Å²) in [6.45, 7) is 1.72. The zero-order valence-corrected chi connectivity index (χ0v) is 15.2. The molecule has 2 N–H and O–H groups in total. The predicted octanol–water partition coefficient (Wildman–Crippen LogP) is 2.95. The van der Waals surface area contributed by atoms with Crippen molar-refractivity contribution in [2.75, 3.05) is 29.6 Å². The Kier molecular flexibility index (Phi) is 5.16. The van der Waals surface area contributed by atoms with Crippen LogP contribution in [0.5, 0.6) is 0 Å². The fourth-order valence-corrected chi connectivity index (χ4v) is 2.35. The summed E-state index contributed by atoms with van der Waals surface area (Å²) in [5.74, 6) is 0.0522. The molecular weight excluding hydrogens is 346 g/mol. The second-order valence-electron chi connectivity index (χ2n) is 6.10. The molecule has 0 aliphatic carbocycles. The Labute approximate surface area is 156 Å². The van der Waals surface area contributed by atoms with Crippen LogP contribution in [0.25, 0.3) is 0 Å². The molecule has 0 aliphatic heterocycles. The Morgan fingerprint density at radius 3 is 2.37 bits per heavy atom. The van der Waals surface area contributed by atoms with Crippen LogP contribution in [0, 0.1) is 6.92 Å². The number of pyridine rings is 1. The third kappa shape index (κ3) is 4.49. The van der Waals surface area contributed by atoms with Crippen molar-refractivity contribution in [3.63, 3.8) is 0 Å². The average molecular weight is 365 g/mol. The molecule has 2 amide bonds. The van der Waals surface area contributed by atoms with Crippen LogP contribution in [-0.4, -0.2) is 36.1 Å². The molecule has 0 fully saturated rings. The highest BCUT2D eigenvalue weighted by Gasteiger charge is 2.14. The van der Waals surface area contributed by atoms with E-state index in [0.29, 0.717) is 17.0 Å². The average Bonchev–Trinajstić information content (AvgIpc) is 3.07. The van der Waals surface area contributed by atoms with Crippen LogP contribution in [0.4, 0.5) is 17.2 Å². The highest BCUT2D eigenvalue weighted by atomic mass is 16.5. The smallest absolute Gasteiger partial charge is 0.275 e. The van der Waals surface area contributed by atoms with Crippen molar-refractivity contribution in [2.24, 2.45) is 0 Å². The normalized spacial score (nSPS) is 10.3. The van der Waals surface area contributed by atoms with Crippen molar-refractivity contribution in [3.05, 3.63) is 65.7 Å². The summed E-state index contributed by atoms with van der Waals surface area (Å²) in [7, 11) is 3.88. The van der Waals surface area contributed by atoms with Gasteiger partial charge in [0.25, 0.3) is 11.8 Å².